The van der Waals surface area contributed by atoms with Gasteiger partial charge in [0.25, 0.3) is 0 Å². The minimum absolute atomic E-state index is 0.0896. The normalized spacial score (nSPS) is 19.8. The van der Waals surface area contributed by atoms with Crippen LogP contribution in [0.25, 0.3) is 0 Å². The lowest BCUT2D eigenvalue weighted by Crippen LogP contribution is -2.29. The summed E-state index contributed by atoms with van der Waals surface area (Å²) in [6.45, 7) is 0.546. The molecule has 0 spiro atoms. The molecule has 4 rings (SSSR count). The van der Waals surface area contributed by atoms with Crippen molar-refractivity contribution in [3.8, 4) is 11.5 Å². The van der Waals surface area contributed by atoms with E-state index in [1.807, 2.05) is 59.5 Å². The summed E-state index contributed by atoms with van der Waals surface area (Å²) in [4.78, 5) is 26.2. The number of hydrogen-bond donors (Lipinski definition) is 1. The van der Waals surface area contributed by atoms with Gasteiger partial charge in [-0.3, -0.25) is 9.59 Å². The van der Waals surface area contributed by atoms with Crippen LogP contribution in [-0.4, -0.2) is 29.3 Å². The van der Waals surface area contributed by atoms with Crippen molar-refractivity contribution in [3.63, 3.8) is 0 Å². The second kappa shape index (κ2) is 6.59. The number of carbonyl (C=O) groups is 2. The Morgan fingerprint density at radius 3 is 2.36 bits per heavy atom. The molecule has 0 radical (unpaired) electrons. The highest BCUT2D eigenvalue weighted by Gasteiger charge is 2.41. The molecule has 2 aliphatic rings. The molecule has 2 aromatic rings. The highest BCUT2D eigenvalue weighted by Crippen LogP contribution is 2.33. The Labute approximate surface area is 146 Å². The number of ether oxygens (including phenoxy) is 1. The molecule has 25 heavy (non-hydrogen) atoms. The number of hydrogen-bond acceptors (Lipinski definition) is 3. The van der Waals surface area contributed by atoms with E-state index in [0.717, 1.165) is 18.6 Å². The van der Waals surface area contributed by atoms with E-state index in [2.05, 4.69) is 5.32 Å². The highest BCUT2D eigenvalue weighted by molar-refractivity contribution is 5.97. The van der Waals surface area contributed by atoms with Crippen LogP contribution in [0.2, 0.25) is 0 Å². The largest absolute Gasteiger partial charge is 0.457 e. The van der Waals surface area contributed by atoms with Crippen LogP contribution >= 0.6 is 0 Å². The van der Waals surface area contributed by atoms with Crippen LogP contribution in [0.4, 0.5) is 5.69 Å². The summed E-state index contributed by atoms with van der Waals surface area (Å²) in [6, 6.07) is 17.2. The second-order valence-electron chi connectivity index (χ2n) is 6.61. The van der Waals surface area contributed by atoms with E-state index < -0.39 is 0 Å². The molecule has 0 aromatic heterocycles. The molecule has 128 valence electrons. The molecule has 5 nitrogen and oxygen atoms in total. The smallest absolute Gasteiger partial charge is 0.229 e. The first-order chi connectivity index (χ1) is 12.2. The molecule has 1 saturated heterocycles. The van der Waals surface area contributed by atoms with E-state index in [4.69, 9.17) is 4.74 Å². The summed E-state index contributed by atoms with van der Waals surface area (Å²) in [7, 11) is 0. The number of nitrogens with zero attached hydrogens (tertiary/aromatic N) is 1. The van der Waals surface area contributed by atoms with E-state index in [9.17, 15) is 9.59 Å². The predicted octanol–water partition coefficient (Wildman–Crippen LogP) is 3.43. The van der Waals surface area contributed by atoms with Gasteiger partial charge in [-0.05, 0) is 49.2 Å². The lowest BCUT2D eigenvalue weighted by Gasteiger charge is -2.15. The third-order valence-corrected chi connectivity index (χ3v) is 4.62. The van der Waals surface area contributed by atoms with Crippen LogP contribution in [-0.2, 0) is 9.59 Å². The predicted molar refractivity (Wildman–Crippen MR) is 94.4 cm³/mol. The molecule has 2 aromatic carbocycles. The van der Waals surface area contributed by atoms with Gasteiger partial charge in [0.15, 0.2) is 0 Å². The number of amides is 2. The van der Waals surface area contributed by atoms with Gasteiger partial charge in [-0.1, -0.05) is 18.2 Å². The minimum Gasteiger partial charge on any atom is -0.457 e. The molecule has 5 heteroatoms. The third kappa shape index (κ3) is 3.65. The molecule has 0 bridgehead atoms. The van der Waals surface area contributed by atoms with Crippen molar-refractivity contribution in [2.45, 2.75) is 25.3 Å². The Morgan fingerprint density at radius 2 is 1.68 bits per heavy atom. The van der Waals surface area contributed by atoms with Crippen molar-refractivity contribution in [1.82, 2.24) is 4.90 Å². The summed E-state index contributed by atoms with van der Waals surface area (Å²) in [5.41, 5.74) is 0.711. The van der Waals surface area contributed by atoms with Crippen LogP contribution in [0.5, 0.6) is 11.5 Å². The topological polar surface area (TPSA) is 58.6 Å². The van der Waals surface area contributed by atoms with Crippen molar-refractivity contribution < 1.29 is 14.3 Å². The lowest BCUT2D eigenvalue weighted by atomic mass is 10.1. The van der Waals surface area contributed by atoms with E-state index in [1.165, 1.54) is 0 Å². The van der Waals surface area contributed by atoms with Gasteiger partial charge in [0.05, 0.1) is 5.92 Å². The first kappa shape index (κ1) is 15.7. The number of rotatable bonds is 5. The minimum atomic E-state index is -0.256. The summed E-state index contributed by atoms with van der Waals surface area (Å²) in [5.74, 6) is 1.24. The van der Waals surface area contributed by atoms with Crippen LogP contribution in [0.15, 0.2) is 54.6 Å². The van der Waals surface area contributed by atoms with Crippen molar-refractivity contribution in [2.24, 2.45) is 5.92 Å². The van der Waals surface area contributed by atoms with Gasteiger partial charge in [0, 0.05) is 24.7 Å². The van der Waals surface area contributed by atoms with Crippen molar-refractivity contribution >= 4 is 17.5 Å². The van der Waals surface area contributed by atoms with Gasteiger partial charge in [-0.15, -0.1) is 0 Å². The maximum Gasteiger partial charge on any atom is 0.229 e. The molecule has 1 saturated carbocycles. The summed E-state index contributed by atoms with van der Waals surface area (Å²) in [5, 5.41) is 2.90. The Morgan fingerprint density at radius 1 is 1.00 bits per heavy atom. The Balaban J connectivity index is 1.34. The van der Waals surface area contributed by atoms with Crippen molar-refractivity contribution in [2.75, 3.05) is 11.9 Å². The number of anilines is 1. The molecule has 2 amide bonds. The van der Waals surface area contributed by atoms with E-state index >= 15 is 0 Å². The summed E-state index contributed by atoms with van der Waals surface area (Å²) in [6.07, 6.45) is 2.46. The molecule has 1 aliphatic carbocycles. The monoisotopic (exact) mass is 336 g/mol. The SMILES string of the molecule is O=C(Nc1ccc(Oc2ccccc2)cc1)C1CC(=O)N(C2CC2)C1. The third-order valence-electron chi connectivity index (χ3n) is 4.62. The van der Waals surface area contributed by atoms with Gasteiger partial charge in [-0.25, -0.2) is 0 Å². The van der Waals surface area contributed by atoms with Crippen LogP contribution in [0.1, 0.15) is 19.3 Å². The van der Waals surface area contributed by atoms with Crippen LogP contribution in [0, 0.1) is 5.92 Å². The van der Waals surface area contributed by atoms with Gasteiger partial charge in [0.2, 0.25) is 11.8 Å². The molecular weight excluding hydrogens is 316 g/mol. The van der Waals surface area contributed by atoms with Crippen LogP contribution in [0.3, 0.4) is 0 Å². The van der Waals surface area contributed by atoms with Gasteiger partial charge < -0.3 is 15.0 Å². The van der Waals surface area contributed by atoms with Gasteiger partial charge in [-0.2, -0.15) is 0 Å². The average Bonchev–Trinajstić information content (AvgIpc) is 3.39. The number of para-hydroxylation sites is 1. The van der Waals surface area contributed by atoms with E-state index in [1.54, 1.807) is 0 Å². The van der Waals surface area contributed by atoms with E-state index in [0.29, 0.717) is 30.4 Å². The molecule has 2 fully saturated rings. The Hall–Kier alpha value is -2.82. The number of carbonyl (C=O) groups excluding carboxylic acids is 2. The van der Waals surface area contributed by atoms with Gasteiger partial charge in [0.1, 0.15) is 11.5 Å². The molecule has 1 unspecified atom stereocenters. The number of nitrogens with one attached hydrogen (secondary N) is 1. The Bertz CT molecular complexity index is 769. The maximum atomic E-state index is 12.4. The van der Waals surface area contributed by atoms with Crippen molar-refractivity contribution in [1.29, 1.82) is 0 Å². The van der Waals surface area contributed by atoms with Crippen molar-refractivity contribution in [3.05, 3.63) is 54.6 Å². The highest BCUT2D eigenvalue weighted by atomic mass is 16.5. The molecule has 1 atom stereocenters. The number of likely N-dealkylation sites (tertiary alicyclic amines) is 1. The van der Waals surface area contributed by atoms with Crippen LogP contribution < -0.4 is 10.1 Å². The zero-order valence-electron chi connectivity index (χ0n) is 13.9. The summed E-state index contributed by atoms with van der Waals surface area (Å²) >= 11 is 0. The Kier molecular flexibility index (Phi) is 4.14. The maximum absolute atomic E-state index is 12.4. The van der Waals surface area contributed by atoms with Gasteiger partial charge >= 0.3 is 0 Å². The molecule has 1 N–H and O–H groups in total. The average molecular weight is 336 g/mol. The number of benzene rings is 2. The zero-order chi connectivity index (χ0) is 17.2. The zero-order valence-corrected chi connectivity index (χ0v) is 13.9. The fourth-order valence-electron chi connectivity index (χ4n) is 3.12. The molecule has 1 heterocycles. The summed E-state index contributed by atoms with van der Waals surface area (Å²) < 4.78 is 5.74. The fourth-order valence-corrected chi connectivity index (χ4v) is 3.12. The fraction of sp³-hybridized carbons (Fsp3) is 0.300. The lowest BCUT2D eigenvalue weighted by molar-refractivity contribution is -0.128. The standard InChI is InChI=1S/C20H20N2O3/c23-19-12-14(13-22(19)16-8-9-16)20(24)21-15-6-10-18(11-7-15)25-17-4-2-1-3-5-17/h1-7,10-11,14,16H,8-9,12-13H2,(H,21,24). The molecular formula is C20H20N2O3. The quantitative estimate of drug-likeness (QED) is 0.910. The first-order valence-electron chi connectivity index (χ1n) is 8.62. The molecule has 1 aliphatic heterocycles. The second-order valence-corrected chi connectivity index (χ2v) is 6.61. The first-order valence-corrected chi connectivity index (χ1v) is 8.62. The van der Waals surface area contributed by atoms with E-state index in [-0.39, 0.29) is 17.7 Å².